The second-order valence-corrected chi connectivity index (χ2v) is 7.62. The zero-order chi connectivity index (χ0) is 21.6. The Kier molecular flexibility index (Phi) is 6.33. The number of benzene rings is 3. The molecule has 0 unspecified atom stereocenters. The molecule has 0 bridgehead atoms. The molecule has 0 radical (unpaired) electrons. The summed E-state index contributed by atoms with van der Waals surface area (Å²) >= 11 is 1.22. The summed E-state index contributed by atoms with van der Waals surface area (Å²) in [6, 6.07) is 23.7. The maximum atomic E-state index is 13.3. The number of hydrogen-bond donors (Lipinski definition) is 1. The molecule has 6 nitrogen and oxygen atoms in total. The van der Waals surface area contributed by atoms with Crippen LogP contribution in [0.4, 0.5) is 5.69 Å². The number of fused-ring (bicyclic) bond motifs is 1. The van der Waals surface area contributed by atoms with Crippen molar-refractivity contribution in [2.24, 2.45) is 0 Å². The van der Waals surface area contributed by atoms with E-state index in [1.54, 1.807) is 16.7 Å². The molecule has 1 N–H and O–H groups in total. The summed E-state index contributed by atoms with van der Waals surface area (Å²) < 4.78 is 7.04. The Bertz CT molecular complexity index is 1250. The minimum atomic E-state index is -0.180. The van der Waals surface area contributed by atoms with E-state index in [2.05, 4.69) is 10.3 Å². The molecule has 31 heavy (non-hydrogen) atoms. The van der Waals surface area contributed by atoms with Gasteiger partial charge in [-0.25, -0.2) is 4.98 Å². The molecule has 1 aromatic heterocycles. The van der Waals surface area contributed by atoms with E-state index < -0.39 is 0 Å². The molecule has 0 saturated carbocycles. The van der Waals surface area contributed by atoms with Crippen LogP contribution in [-0.4, -0.2) is 27.8 Å². The summed E-state index contributed by atoms with van der Waals surface area (Å²) in [5, 5.41) is 3.83. The third-order valence-electron chi connectivity index (χ3n) is 4.54. The Labute approximate surface area is 183 Å². The van der Waals surface area contributed by atoms with Crippen LogP contribution in [0.25, 0.3) is 16.6 Å². The lowest BCUT2D eigenvalue weighted by molar-refractivity contribution is -0.113. The van der Waals surface area contributed by atoms with E-state index in [1.165, 1.54) is 11.8 Å². The highest BCUT2D eigenvalue weighted by Gasteiger charge is 2.15. The number of nitrogens with one attached hydrogen (secondary N) is 1. The number of carbonyl (C=O) groups is 1. The lowest BCUT2D eigenvalue weighted by Crippen LogP contribution is -2.23. The average Bonchev–Trinajstić information content (AvgIpc) is 2.79. The van der Waals surface area contributed by atoms with Crippen LogP contribution in [0.5, 0.6) is 5.75 Å². The van der Waals surface area contributed by atoms with Crippen LogP contribution < -0.4 is 15.6 Å². The number of anilines is 1. The van der Waals surface area contributed by atoms with Gasteiger partial charge in [0, 0.05) is 5.69 Å². The third kappa shape index (κ3) is 4.78. The van der Waals surface area contributed by atoms with Crippen molar-refractivity contribution in [3.8, 4) is 11.4 Å². The van der Waals surface area contributed by atoms with Gasteiger partial charge in [0.1, 0.15) is 5.75 Å². The topological polar surface area (TPSA) is 73.2 Å². The first-order chi connectivity index (χ1) is 15.2. The van der Waals surface area contributed by atoms with Gasteiger partial charge in [0.25, 0.3) is 5.56 Å². The minimum Gasteiger partial charge on any atom is -0.494 e. The predicted octanol–water partition coefficient (Wildman–Crippen LogP) is 4.52. The average molecular weight is 432 g/mol. The van der Waals surface area contributed by atoms with Gasteiger partial charge in [-0.15, -0.1) is 0 Å². The Morgan fingerprint density at radius 1 is 1.00 bits per heavy atom. The molecule has 156 valence electrons. The molecule has 4 rings (SSSR count). The van der Waals surface area contributed by atoms with Crippen LogP contribution in [0.1, 0.15) is 6.92 Å². The van der Waals surface area contributed by atoms with E-state index >= 15 is 0 Å². The van der Waals surface area contributed by atoms with Crippen molar-refractivity contribution in [1.29, 1.82) is 0 Å². The van der Waals surface area contributed by atoms with Gasteiger partial charge < -0.3 is 10.1 Å². The maximum Gasteiger partial charge on any atom is 0.266 e. The number of para-hydroxylation sites is 2. The van der Waals surface area contributed by atoms with E-state index in [0.29, 0.717) is 28.4 Å². The molecule has 1 heterocycles. The van der Waals surface area contributed by atoms with Gasteiger partial charge in [-0.2, -0.15) is 0 Å². The van der Waals surface area contributed by atoms with Gasteiger partial charge >= 0.3 is 0 Å². The van der Waals surface area contributed by atoms with Crippen LogP contribution in [-0.2, 0) is 4.79 Å². The Morgan fingerprint density at radius 3 is 2.45 bits per heavy atom. The number of carbonyl (C=O) groups excluding carboxylic acids is 1. The van der Waals surface area contributed by atoms with Crippen molar-refractivity contribution in [2.75, 3.05) is 17.7 Å². The first-order valence-electron chi connectivity index (χ1n) is 9.88. The van der Waals surface area contributed by atoms with Crippen LogP contribution in [0.15, 0.2) is 88.8 Å². The molecule has 0 atom stereocenters. The van der Waals surface area contributed by atoms with Crippen LogP contribution in [0, 0.1) is 0 Å². The Balaban J connectivity index is 1.67. The fourth-order valence-electron chi connectivity index (χ4n) is 3.14. The maximum absolute atomic E-state index is 13.3. The summed E-state index contributed by atoms with van der Waals surface area (Å²) in [6.07, 6.45) is 0. The molecule has 4 aromatic rings. The number of ether oxygens (including phenoxy) is 1. The molecule has 7 heteroatoms. The lowest BCUT2D eigenvalue weighted by Gasteiger charge is -2.14. The summed E-state index contributed by atoms with van der Waals surface area (Å²) in [5.41, 5.74) is 1.81. The number of rotatable bonds is 7. The van der Waals surface area contributed by atoms with Gasteiger partial charge in [0.2, 0.25) is 5.91 Å². The third-order valence-corrected chi connectivity index (χ3v) is 5.48. The summed E-state index contributed by atoms with van der Waals surface area (Å²) in [4.78, 5) is 30.4. The van der Waals surface area contributed by atoms with Gasteiger partial charge in [-0.05, 0) is 55.5 Å². The van der Waals surface area contributed by atoms with E-state index in [4.69, 9.17) is 4.74 Å². The van der Waals surface area contributed by atoms with Gasteiger partial charge in [-0.3, -0.25) is 14.2 Å². The van der Waals surface area contributed by atoms with Crippen LogP contribution in [0.3, 0.4) is 0 Å². The highest BCUT2D eigenvalue weighted by Crippen LogP contribution is 2.23. The fourth-order valence-corrected chi connectivity index (χ4v) is 3.96. The zero-order valence-corrected chi connectivity index (χ0v) is 17.8. The number of amides is 1. The second-order valence-electron chi connectivity index (χ2n) is 6.68. The predicted molar refractivity (Wildman–Crippen MR) is 124 cm³/mol. The number of aromatic nitrogens is 2. The first-order valence-corrected chi connectivity index (χ1v) is 10.9. The largest absolute Gasteiger partial charge is 0.494 e. The molecule has 0 aliphatic rings. The lowest BCUT2D eigenvalue weighted by atomic mass is 10.2. The highest BCUT2D eigenvalue weighted by molar-refractivity contribution is 7.99. The quantitative estimate of drug-likeness (QED) is 0.344. The molecule has 0 saturated heterocycles. The van der Waals surface area contributed by atoms with E-state index in [0.717, 1.165) is 11.4 Å². The standard InChI is InChI=1S/C24H21N3O3S/c1-2-30-19-14-12-18(13-15-19)27-23(29)20-10-6-7-11-21(20)26-24(27)31-16-22(28)25-17-8-4-3-5-9-17/h3-15H,2,16H2,1H3,(H,25,28). The Morgan fingerprint density at radius 2 is 1.71 bits per heavy atom. The van der Waals surface area contributed by atoms with Crippen molar-refractivity contribution in [3.05, 3.63) is 89.2 Å². The molecule has 0 aliphatic carbocycles. The SMILES string of the molecule is CCOc1ccc(-n2c(SCC(=O)Nc3ccccc3)nc3ccccc3c2=O)cc1. The van der Waals surface area contributed by atoms with E-state index in [-0.39, 0.29) is 17.2 Å². The normalized spacial score (nSPS) is 10.7. The second kappa shape index (κ2) is 9.49. The number of nitrogens with zero attached hydrogens (tertiary/aromatic N) is 2. The highest BCUT2D eigenvalue weighted by atomic mass is 32.2. The minimum absolute atomic E-state index is 0.122. The monoisotopic (exact) mass is 431 g/mol. The molecular formula is C24H21N3O3S. The van der Waals surface area contributed by atoms with Crippen molar-refractivity contribution in [2.45, 2.75) is 12.1 Å². The van der Waals surface area contributed by atoms with E-state index in [1.807, 2.05) is 73.7 Å². The fraction of sp³-hybridized carbons (Fsp3) is 0.125. The van der Waals surface area contributed by atoms with Crippen molar-refractivity contribution in [3.63, 3.8) is 0 Å². The van der Waals surface area contributed by atoms with Crippen molar-refractivity contribution < 1.29 is 9.53 Å². The van der Waals surface area contributed by atoms with Crippen molar-refractivity contribution >= 4 is 34.3 Å². The summed E-state index contributed by atoms with van der Waals surface area (Å²) in [6.45, 7) is 2.48. The zero-order valence-electron chi connectivity index (χ0n) is 16.9. The number of hydrogen-bond acceptors (Lipinski definition) is 5. The van der Waals surface area contributed by atoms with Gasteiger partial charge in [-0.1, -0.05) is 42.1 Å². The Hall–Kier alpha value is -3.58. The molecule has 0 aliphatic heterocycles. The van der Waals surface area contributed by atoms with Crippen LogP contribution in [0.2, 0.25) is 0 Å². The van der Waals surface area contributed by atoms with Gasteiger partial charge in [0.15, 0.2) is 5.16 Å². The van der Waals surface area contributed by atoms with Crippen molar-refractivity contribution in [1.82, 2.24) is 9.55 Å². The van der Waals surface area contributed by atoms with Crippen LogP contribution >= 0.6 is 11.8 Å². The summed E-state index contributed by atoms with van der Waals surface area (Å²) in [5.74, 6) is 0.679. The molecule has 3 aromatic carbocycles. The summed E-state index contributed by atoms with van der Waals surface area (Å²) in [7, 11) is 0. The first kappa shape index (κ1) is 20.7. The number of thioether (sulfide) groups is 1. The molecule has 0 spiro atoms. The van der Waals surface area contributed by atoms with E-state index in [9.17, 15) is 9.59 Å². The smallest absolute Gasteiger partial charge is 0.266 e. The molecule has 1 amide bonds. The molecular weight excluding hydrogens is 410 g/mol. The molecule has 0 fully saturated rings. The van der Waals surface area contributed by atoms with Gasteiger partial charge in [0.05, 0.1) is 29.0 Å².